The Morgan fingerprint density at radius 2 is 1.97 bits per heavy atom. The van der Waals surface area contributed by atoms with Gasteiger partial charge in [-0.15, -0.1) is 0 Å². The number of fused-ring (bicyclic) bond motifs is 1. The van der Waals surface area contributed by atoms with Crippen LogP contribution in [-0.4, -0.2) is 66.3 Å². The van der Waals surface area contributed by atoms with Crippen LogP contribution < -0.4 is 15.7 Å². The SMILES string of the molecule is CC(=O)N[C@@H]1C(Oc2ccc3c(C)cc(=O)oc3c2)OC(COS(=O)(=O)[O-])C(O)C1O. The van der Waals surface area contributed by atoms with E-state index in [9.17, 15) is 32.8 Å². The van der Waals surface area contributed by atoms with Crippen LogP contribution in [0.4, 0.5) is 0 Å². The second-order valence-corrected chi connectivity index (χ2v) is 8.02. The van der Waals surface area contributed by atoms with Gasteiger partial charge in [-0.05, 0) is 24.6 Å². The van der Waals surface area contributed by atoms with E-state index in [0.717, 1.165) is 0 Å². The molecule has 1 fully saturated rings. The van der Waals surface area contributed by atoms with E-state index >= 15 is 0 Å². The highest BCUT2D eigenvalue weighted by atomic mass is 32.3. The first-order chi connectivity index (χ1) is 14.4. The molecular weight excluding hydrogens is 438 g/mol. The topological polar surface area (TPSA) is 185 Å². The van der Waals surface area contributed by atoms with Crippen LogP contribution in [0.5, 0.6) is 5.75 Å². The summed E-state index contributed by atoms with van der Waals surface area (Å²) in [6.07, 6.45) is -6.23. The molecule has 1 aromatic carbocycles. The van der Waals surface area contributed by atoms with E-state index in [-0.39, 0.29) is 11.3 Å². The van der Waals surface area contributed by atoms with E-state index in [4.69, 9.17) is 13.9 Å². The molecule has 3 rings (SSSR count). The Morgan fingerprint density at radius 3 is 2.61 bits per heavy atom. The number of benzene rings is 1. The fourth-order valence-electron chi connectivity index (χ4n) is 3.22. The minimum atomic E-state index is -5.08. The van der Waals surface area contributed by atoms with Crippen molar-refractivity contribution in [2.45, 2.75) is 44.5 Å². The van der Waals surface area contributed by atoms with E-state index in [0.29, 0.717) is 10.9 Å². The Bertz CT molecular complexity index is 1130. The van der Waals surface area contributed by atoms with E-state index in [2.05, 4.69) is 9.50 Å². The lowest BCUT2D eigenvalue weighted by molar-refractivity contribution is -0.242. The minimum absolute atomic E-state index is 0.126. The molecule has 4 unspecified atom stereocenters. The normalized spacial score (nSPS) is 26.5. The third-order valence-corrected chi connectivity index (χ3v) is 5.05. The largest absolute Gasteiger partial charge is 0.726 e. The maximum Gasteiger partial charge on any atom is 0.336 e. The number of nitrogens with one attached hydrogen (secondary N) is 1. The molecule has 0 radical (unpaired) electrons. The summed E-state index contributed by atoms with van der Waals surface area (Å²) in [5.41, 5.74) is 0.325. The monoisotopic (exact) mass is 458 g/mol. The molecule has 0 bridgehead atoms. The van der Waals surface area contributed by atoms with Crippen LogP contribution in [0.25, 0.3) is 11.0 Å². The Labute approximate surface area is 176 Å². The number of aliphatic hydroxyl groups is 2. The molecule has 2 heterocycles. The van der Waals surface area contributed by atoms with Crippen LogP contribution in [-0.2, 0) is 24.1 Å². The van der Waals surface area contributed by atoms with Gasteiger partial charge >= 0.3 is 5.63 Å². The maximum absolute atomic E-state index is 11.6. The summed E-state index contributed by atoms with van der Waals surface area (Å²) in [7, 11) is -5.08. The maximum atomic E-state index is 11.6. The molecule has 1 aliphatic heterocycles. The highest BCUT2D eigenvalue weighted by Crippen LogP contribution is 2.27. The van der Waals surface area contributed by atoms with Crippen LogP contribution >= 0.6 is 0 Å². The van der Waals surface area contributed by atoms with Crippen LogP contribution in [0, 0.1) is 6.92 Å². The number of rotatable bonds is 6. The summed E-state index contributed by atoms with van der Waals surface area (Å²) >= 11 is 0. The van der Waals surface area contributed by atoms with Crippen molar-refractivity contribution in [1.82, 2.24) is 5.32 Å². The number of carbonyl (C=O) groups excluding carboxylic acids is 1. The first kappa shape index (κ1) is 23.1. The molecule has 1 saturated heterocycles. The molecule has 31 heavy (non-hydrogen) atoms. The van der Waals surface area contributed by atoms with Crippen molar-refractivity contribution < 1.29 is 46.1 Å². The second-order valence-electron chi connectivity index (χ2n) is 6.97. The summed E-state index contributed by atoms with van der Waals surface area (Å²) < 4.78 is 52.6. The van der Waals surface area contributed by atoms with Crippen LogP contribution in [0.15, 0.2) is 33.5 Å². The van der Waals surface area contributed by atoms with Crippen molar-refractivity contribution >= 4 is 27.3 Å². The number of hydrogen-bond acceptors (Lipinski definition) is 11. The van der Waals surface area contributed by atoms with Crippen LogP contribution in [0.3, 0.4) is 0 Å². The van der Waals surface area contributed by atoms with Crippen molar-refractivity contribution in [1.29, 1.82) is 0 Å². The average Bonchev–Trinajstić information content (AvgIpc) is 2.65. The zero-order chi connectivity index (χ0) is 22.9. The molecule has 0 spiro atoms. The number of aryl methyl sites for hydroxylation is 1. The molecule has 0 saturated carbocycles. The lowest BCUT2D eigenvalue weighted by Gasteiger charge is -2.42. The van der Waals surface area contributed by atoms with Gasteiger partial charge in [-0.2, -0.15) is 0 Å². The second kappa shape index (κ2) is 8.90. The van der Waals surface area contributed by atoms with Gasteiger partial charge in [-0.25, -0.2) is 13.2 Å². The molecule has 13 heteroatoms. The van der Waals surface area contributed by atoms with Gasteiger partial charge in [0.15, 0.2) is 0 Å². The highest BCUT2D eigenvalue weighted by molar-refractivity contribution is 7.80. The van der Waals surface area contributed by atoms with Crippen LogP contribution in [0.1, 0.15) is 12.5 Å². The molecule has 12 nitrogen and oxygen atoms in total. The Balaban J connectivity index is 1.89. The first-order valence-electron chi connectivity index (χ1n) is 9.05. The summed E-state index contributed by atoms with van der Waals surface area (Å²) in [6, 6.07) is 4.60. The predicted octanol–water partition coefficient (Wildman–Crippen LogP) is -1.09. The van der Waals surface area contributed by atoms with Gasteiger partial charge in [0.05, 0.1) is 6.61 Å². The number of hydrogen-bond donors (Lipinski definition) is 3. The first-order valence-corrected chi connectivity index (χ1v) is 10.4. The molecule has 1 amide bonds. The van der Waals surface area contributed by atoms with Crippen molar-refractivity contribution in [3.05, 3.63) is 40.2 Å². The lowest BCUT2D eigenvalue weighted by atomic mass is 9.97. The van der Waals surface area contributed by atoms with Gasteiger partial charge in [0.1, 0.15) is 35.7 Å². The van der Waals surface area contributed by atoms with Crippen LogP contribution in [0.2, 0.25) is 0 Å². The molecule has 1 aromatic heterocycles. The number of aliphatic hydroxyl groups excluding tert-OH is 2. The number of amides is 1. The quantitative estimate of drug-likeness (QED) is 0.271. The molecule has 5 atom stereocenters. The van der Waals surface area contributed by atoms with Gasteiger partial charge in [0, 0.05) is 24.4 Å². The van der Waals surface area contributed by atoms with Gasteiger partial charge in [0.25, 0.3) is 0 Å². The Hall–Kier alpha value is -2.55. The number of ether oxygens (including phenoxy) is 2. The van der Waals surface area contributed by atoms with Crippen molar-refractivity contribution in [2.75, 3.05) is 6.61 Å². The van der Waals surface area contributed by atoms with Crippen molar-refractivity contribution in [3.8, 4) is 5.75 Å². The predicted molar refractivity (Wildman–Crippen MR) is 102 cm³/mol. The average molecular weight is 458 g/mol. The van der Waals surface area contributed by atoms with Crippen molar-refractivity contribution in [3.63, 3.8) is 0 Å². The van der Waals surface area contributed by atoms with E-state index in [1.165, 1.54) is 25.1 Å². The van der Waals surface area contributed by atoms with Gasteiger partial charge in [-0.3, -0.25) is 8.98 Å². The molecule has 1 aliphatic rings. The summed E-state index contributed by atoms with van der Waals surface area (Å²) in [6.45, 7) is 2.01. The fraction of sp³-hybridized carbons (Fsp3) is 0.444. The highest BCUT2D eigenvalue weighted by Gasteiger charge is 2.46. The molecule has 0 aliphatic carbocycles. The molecular formula is C18H20NO11S-. The summed E-state index contributed by atoms with van der Waals surface area (Å²) in [5.74, 6) is -0.438. The Kier molecular flexibility index (Phi) is 6.64. The summed E-state index contributed by atoms with van der Waals surface area (Å²) in [5, 5.41) is 23.6. The summed E-state index contributed by atoms with van der Waals surface area (Å²) in [4.78, 5) is 23.2. The third kappa shape index (κ3) is 5.58. The lowest BCUT2D eigenvalue weighted by Crippen LogP contribution is -2.65. The van der Waals surface area contributed by atoms with Crippen molar-refractivity contribution in [2.24, 2.45) is 0 Å². The van der Waals surface area contributed by atoms with Gasteiger partial charge < -0.3 is 34.0 Å². The number of carbonyl (C=O) groups is 1. The Morgan fingerprint density at radius 1 is 1.26 bits per heavy atom. The smallest absolute Gasteiger partial charge is 0.336 e. The van der Waals surface area contributed by atoms with E-state index in [1.54, 1.807) is 13.0 Å². The van der Waals surface area contributed by atoms with Gasteiger partial charge in [-0.1, -0.05) is 0 Å². The molecule has 3 N–H and O–H groups in total. The standard InChI is InChI=1S/C18H21NO11S/c1-8-5-14(21)29-12-6-10(3-4-11(8)12)28-18-15(19-9(2)20)17(23)16(22)13(30-18)7-27-31(24,25)26/h3-6,13,15-18,22-23H,7H2,1-2H3,(H,19,20)(H,24,25,26)/p-1/t13?,15-,16?,17?,18?/m0/s1. The minimum Gasteiger partial charge on any atom is -0.726 e. The molecule has 170 valence electrons. The third-order valence-electron chi connectivity index (χ3n) is 4.62. The van der Waals surface area contributed by atoms with E-state index < -0.39 is 59.2 Å². The van der Waals surface area contributed by atoms with E-state index in [1.807, 2.05) is 0 Å². The zero-order valence-electron chi connectivity index (χ0n) is 16.4. The van der Waals surface area contributed by atoms with Gasteiger partial charge in [0.2, 0.25) is 22.6 Å². The molecule has 2 aromatic rings. The zero-order valence-corrected chi connectivity index (χ0v) is 17.2. The fourth-order valence-corrected chi connectivity index (χ4v) is 3.52.